The molecule has 0 fully saturated rings. The average Bonchev–Trinajstić information content (AvgIpc) is 1.14. The van der Waals surface area contributed by atoms with E-state index in [1.165, 1.54) is 0 Å². The molecule has 0 saturated carbocycles. The monoisotopic (exact) mass is 314 g/mol. The second-order valence-electron chi connectivity index (χ2n) is 0.997. The summed E-state index contributed by atoms with van der Waals surface area (Å²) in [6.07, 6.45) is 0. The van der Waals surface area contributed by atoms with Crippen LogP contribution in [-0.2, 0) is 13.4 Å². The van der Waals surface area contributed by atoms with Crippen molar-refractivity contribution in [1.82, 2.24) is 0 Å². The summed E-state index contributed by atoms with van der Waals surface area (Å²) in [7, 11) is -11.0. The molecule has 0 bridgehead atoms. The Morgan fingerprint density at radius 2 is 1.60 bits per heavy atom. The molecular formula is H2BaO7P2. The van der Waals surface area contributed by atoms with Crippen LogP contribution >= 0.6 is 15.6 Å². The molecule has 0 saturated heterocycles. The fourth-order valence-corrected chi connectivity index (χ4v) is 1.14. The van der Waals surface area contributed by atoms with Crippen LogP contribution in [0.2, 0.25) is 0 Å². The predicted molar refractivity (Wildman–Crippen MR) is 25.4 cm³/mol. The van der Waals surface area contributed by atoms with Crippen LogP contribution in [0.15, 0.2) is 0 Å². The van der Waals surface area contributed by atoms with Crippen LogP contribution in [0.3, 0.4) is 0 Å². The topological polar surface area (TPSA) is 133 Å². The smallest absolute Gasteiger partial charge is 0.790 e. The van der Waals surface area contributed by atoms with E-state index in [-0.39, 0.29) is 50.3 Å². The van der Waals surface area contributed by atoms with Crippen molar-refractivity contribution in [3.05, 3.63) is 0 Å². The van der Waals surface area contributed by atoms with Crippen LogP contribution in [0, 0.1) is 0 Å². The molecule has 0 aromatic carbocycles. The van der Waals surface area contributed by atoms with Gasteiger partial charge in [-0.1, -0.05) is 0 Å². The molecule has 1 atom stereocenters. The van der Waals surface area contributed by atoms with Crippen molar-refractivity contribution >= 4 is 64.5 Å². The number of hydrogen-bond acceptors (Lipinski definition) is 6. The summed E-state index contributed by atoms with van der Waals surface area (Å²) in [5.41, 5.74) is 0. The Morgan fingerprint density at radius 1 is 1.30 bits per heavy atom. The maximum Gasteiger partial charge on any atom is 2.00 e. The second-order valence-corrected chi connectivity index (χ2v) is 3.48. The molecule has 7 nitrogen and oxygen atoms in total. The summed E-state index contributed by atoms with van der Waals surface area (Å²) in [5, 5.41) is 0. The van der Waals surface area contributed by atoms with Crippen molar-refractivity contribution in [2.75, 3.05) is 0 Å². The molecule has 0 rings (SSSR count). The standard InChI is InChI=1S/Ba.H4O7P2/c;1-8(2,3)7-9(4,5)6/h;(H2,1,2,3)(H2,4,5,6)/q+2;/p-2. The van der Waals surface area contributed by atoms with Crippen molar-refractivity contribution in [2.24, 2.45) is 0 Å². The van der Waals surface area contributed by atoms with Gasteiger partial charge in [-0.25, -0.2) is 0 Å². The van der Waals surface area contributed by atoms with Crippen molar-refractivity contribution in [2.45, 2.75) is 0 Å². The van der Waals surface area contributed by atoms with E-state index in [9.17, 15) is 23.8 Å². The molecule has 0 amide bonds. The number of hydrogen-bond donors (Lipinski definition) is 1. The molecule has 10 heavy (non-hydrogen) atoms. The quantitative estimate of drug-likeness (QED) is 0.425. The average molecular weight is 313 g/mol. The van der Waals surface area contributed by atoms with Gasteiger partial charge in [-0.05, 0) is 0 Å². The van der Waals surface area contributed by atoms with Gasteiger partial charge in [0.2, 0.25) is 0 Å². The maximum absolute atomic E-state index is 9.44. The van der Waals surface area contributed by atoms with Gasteiger partial charge in [0.05, 0.1) is 7.82 Å². The van der Waals surface area contributed by atoms with E-state index in [2.05, 4.69) is 4.31 Å². The molecule has 0 aromatic rings. The molecule has 0 aliphatic heterocycles. The first kappa shape index (κ1) is 14.4. The molecular weight excluding hydrogens is 311 g/mol. The minimum atomic E-state index is -5.61. The van der Waals surface area contributed by atoms with Gasteiger partial charge in [0.1, 0.15) is 0 Å². The van der Waals surface area contributed by atoms with Gasteiger partial charge in [0.25, 0.3) is 7.82 Å². The van der Waals surface area contributed by atoms with Crippen molar-refractivity contribution in [3.8, 4) is 0 Å². The summed E-state index contributed by atoms with van der Waals surface area (Å²) >= 11 is 0. The fourth-order valence-electron chi connectivity index (χ4n) is 0.126. The van der Waals surface area contributed by atoms with Gasteiger partial charge in [0.15, 0.2) is 0 Å². The molecule has 1 unspecified atom stereocenters. The Hall–Kier alpha value is 1.83. The largest absolute Gasteiger partial charge is 2.00 e. The van der Waals surface area contributed by atoms with Gasteiger partial charge < -0.3 is 24.1 Å². The van der Waals surface area contributed by atoms with Gasteiger partial charge in [-0.15, -0.1) is 0 Å². The Kier molecular flexibility index (Phi) is 6.83. The first-order valence-corrected chi connectivity index (χ1v) is 4.43. The van der Waals surface area contributed by atoms with Crippen molar-refractivity contribution < 1.29 is 34.4 Å². The van der Waals surface area contributed by atoms with Gasteiger partial charge in [-0.3, -0.25) is 8.88 Å². The number of rotatable bonds is 2. The van der Waals surface area contributed by atoms with Crippen molar-refractivity contribution in [1.29, 1.82) is 0 Å². The Labute approximate surface area is 97.8 Å². The Bertz CT molecular complexity index is 157. The van der Waals surface area contributed by atoms with Gasteiger partial charge in [0, 0.05) is 0 Å². The summed E-state index contributed by atoms with van der Waals surface area (Å²) in [6, 6.07) is 0. The van der Waals surface area contributed by atoms with E-state index in [4.69, 9.17) is 4.89 Å². The van der Waals surface area contributed by atoms with Crippen LogP contribution in [0.4, 0.5) is 0 Å². The number of phosphoric acid groups is 2. The summed E-state index contributed by atoms with van der Waals surface area (Å²) in [4.78, 5) is 35.7. The third kappa shape index (κ3) is 12.5. The minimum absolute atomic E-state index is 0. The Balaban J connectivity index is -0.000000320. The molecule has 56 valence electrons. The normalized spacial score (nSPS) is 17.2. The molecule has 0 radical (unpaired) electrons. The zero-order valence-electron chi connectivity index (χ0n) is 5.50. The van der Waals surface area contributed by atoms with Gasteiger partial charge >= 0.3 is 50.3 Å². The third-order valence-corrected chi connectivity index (χ3v) is 1.83. The van der Waals surface area contributed by atoms with E-state index in [0.717, 1.165) is 0 Å². The summed E-state index contributed by atoms with van der Waals surface area (Å²) in [5.74, 6) is 0. The summed E-state index contributed by atoms with van der Waals surface area (Å²) in [6.45, 7) is 0. The first-order valence-electron chi connectivity index (χ1n) is 1.48. The maximum atomic E-state index is 9.44. The van der Waals surface area contributed by atoms with E-state index >= 15 is 0 Å². The van der Waals surface area contributed by atoms with E-state index < -0.39 is 15.6 Å². The molecule has 0 spiro atoms. The molecule has 0 aromatic heterocycles. The van der Waals surface area contributed by atoms with Crippen LogP contribution in [0.25, 0.3) is 0 Å². The zero-order chi connectivity index (χ0) is 7.71. The summed E-state index contributed by atoms with van der Waals surface area (Å²) < 4.78 is 21.4. The van der Waals surface area contributed by atoms with Crippen LogP contribution in [-0.4, -0.2) is 53.8 Å². The fraction of sp³-hybridized carbons (Fsp3) is 0. The molecule has 10 heteroatoms. The van der Waals surface area contributed by atoms with Gasteiger partial charge in [-0.2, -0.15) is 0 Å². The minimum Gasteiger partial charge on any atom is -0.790 e. The molecule has 0 aliphatic carbocycles. The molecule has 0 aliphatic rings. The van der Waals surface area contributed by atoms with Crippen molar-refractivity contribution in [3.63, 3.8) is 0 Å². The second kappa shape index (κ2) is 4.76. The van der Waals surface area contributed by atoms with Crippen LogP contribution in [0.5, 0.6) is 0 Å². The van der Waals surface area contributed by atoms with Crippen LogP contribution in [0.1, 0.15) is 1.43 Å². The first-order chi connectivity index (χ1) is 3.71. The molecule has 0 heterocycles. The van der Waals surface area contributed by atoms with Crippen LogP contribution < -0.4 is 14.7 Å². The van der Waals surface area contributed by atoms with E-state index in [1.54, 1.807) is 0 Å². The third-order valence-electron chi connectivity index (χ3n) is 0.203. The Morgan fingerprint density at radius 3 is 1.60 bits per heavy atom. The van der Waals surface area contributed by atoms with E-state index in [1.807, 2.05) is 0 Å². The molecule has 1 N–H and O–H groups in total. The van der Waals surface area contributed by atoms with E-state index in [0.29, 0.717) is 0 Å². The SMILES string of the molecule is O=P([O-])([O-])OP(=O)([O-])O.[Ba+2].[H+]. The predicted octanol–water partition coefficient (Wildman–Crippen LogP) is -2.98. The zero-order valence-corrected chi connectivity index (χ0v) is 10.7.